The van der Waals surface area contributed by atoms with Crippen molar-refractivity contribution in [2.75, 3.05) is 45.8 Å². The maximum absolute atomic E-state index is 12.3. The van der Waals surface area contributed by atoms with Crippen LogP contribution in [0.2, 0.25) is 5.02 Å². The van der Waals surface area contributed by atoms with Crippen molar-refractivity contribution in [1.29, 1.82) is 0 Å². The van der Waals surface area contributed by atoms with Gasteiger partial charge in [-0.15, -0.1) is 0 Å². The molecule has 2 heterocycles. The highest BCUT2D eigenvalue weighted by Gasteiger charge is 2.23. The molecule has 1 amide bonds. The second-order valence-corrected chi connectivity index (χ2v) is 6.71. The van der Waals surface area contributed by atoms with Crippen LogP contribution in [0.25, 0.3) is 0 Å². The lowest BCUT2D eigenvalue weighted by atomic mass is 10.2. The number of carbonyl (C=O) groups excluding carboxylic acids is 1. The van der Waals surface area contributed by atoms with E-state index in [1.807, 2.05) is 23.1 Å². The molecule has 0 aliphatic carbocycles. The van der Waals surface area contributed by atoms with Crippen LogP contribution in [0.3, 0.4) is 0 Å². The van der Waals surface area contributed by atoms with Crippen molar-refractivity contribution in [3.8, 4) is 0 Å². The smallest absolute Gasteiger partial charge is 0.236 e. The molecule has 0 N–H and O–H groups in total. The molecule has 0 unspecified atom stereocenters. The molecule has 2 aliphatic heterocycles. The quantitative estimate of drug-likeness (QED) is 0.849. The van der Waals surface area contributed by atoms with Crippen molar-refractivity contribution in [2.24, 2.45) is 0 Å². The highest BCUT2D eigenvalue weighted by molar-refractivity contribution is 6.30. The summed E-state index contributed by atoms with van der Waals surface area (Å²) >= 11 is 6.03. The first-order valence-corrected chi connectivity index (χ1v) is 8.55. The summed E-state index contributed by atoms with van der Waals surface area (Å²) in [6.07, 6.45) is 2.47. The van der Waals surface area contributed by atoms with Crippen LogP contribution in [0.4, 0.5) is 0 Å². The van der Waals surface area contributed by atoms with Crippen molar-refractivity contribution >= 4 is 17.5 Å². The predicted molar refractivity (Wildman–Crippen MR) is 89.0 cm³/mol. The van der Waals surface area contributed by atoms with Gasteiger partial charge in [-0.25, -0.2) is 0 Å². The first-order chi connectivity index (χ1) is 10.7. The lowest BCUT2D eigenvalue weighted by molar-refractivity contribution is -0.134. The number of hydrogen-bond donors (Lipinski definition) is 0. The van der Waals surface area contributed by atoms with Gasteiger partial charge >= 0.3 is 0 Å². The Bertz CT molecular complexity index is 508. The molecule has 3 rings (SSSR count). The summed E-state index contributed by atoms with van der Waals surface area (Å²) in [6.45, 7) is 7.25. The Balaban J connectivity index is 1.44. The molecule has 1 aromatic carbocycles. The Morgan fingerprint density at radius 2 is 1.73 bits per heavy atom. The van der Waals surface area contributed by atoms with E-state index in [9.17, 15) is 4.79 Å². The van der Waals surface area contributed by atoms with Crippen LogP contribution in [0.15, 0.2) is 24.3 Å². The van der Waals surface area contributed by atoms with Crippen LogP contribution in [-0.4, -0.2) is 66.4 Å². The number of piperazine rings is 1. The van der Waals surface area contributed by atoms with Crippen LogP contribution in [-0.2, 0) is 11.3 Å². The van der Waals surface area contributed by atoms with Crippen molar-refractivity contribution in [3.05, 3.63) is 34.9 Å². The molecule has 1 aromatic rings. The third-order valence-electron chi connectivity index (χ3n) is 4.58. The number of carbonyl (C=O) groups is 1. The molecule has 0 radical (unpaired) electrons. The van der Waals surface area contributed by atoms with Gasteiger partial charge in [0.15, 0.2) is 0 Å². The molecule has 2 fully saturated rings. The molecular weight excluding hydrogens is 298 g/mol. The van der Waals surface area contributed by atoms with Gasteiger partial charge in [-0.3, -0.25) is 14.6 Å². The minimum atomic E-state index is 0.296. The minimum Gasteiger partial charge on any atom is -0.339 e. The van der Waals surface area contributed by atoms with E-state index in [0.29, 0.717) is 12.5 Å². The number of hydrogen-bond acceptors (Lipinski definition) is 3. The number of halogens is 1. The number of benzene rings is 1. The summed E-state index contributed by atoms with van der Waals surface area (Å²) in [4.78, 5) is 19.0. The van der Waals surface area contributed by atoms with Crippen molar-refractivity contribution < 1.29 is 4.79 Å². The van der Waals surface area contributed by atoms with Gasteiger partial charge in [-0.1, -0.05) is 23.7 Å². The molecule has 4 nitrogen and oxygen atoms in total. The van der Waals surface area contributed by atoms with Crippen LogP contribution in [0.1, 0.15) is 18.4 Å². The summed E-state index contributed by atoms with van der Waals surface area (Å²) in [5, 5.41) is 0.789. The third kappa shape index (κ3) is 4.22. The number of nitrogens with zero attached hydrogens (tertiary/aromatic N) is 3. The molecule has 0 atom stereocenters. The maximum atomic E-state index is 12.3. The average molecular weight is 322 g/mol. The van der Waals surface area contributed by atoms with E-state index < -0.39 is 0 Å². The zero-order chi connectivity index (χ0) is 15.4. The Morgan fingerprint density at radius 3 is 2.41 bits per heavy atom. The molecule has 120 valence electrons. The van der Waals surface area contributed by atoms with Crippen molar-refractivity contribution in [1.82, 2.24) is 14.7 Å². The molecule has 2 saturated heterocycles. The Morgan fingerprint density at radius 1 is 1.00 bits per heavy atom. The topological polar surface area (TPSA) is 26.8 Å². The van der Waals surface area contributed by atoms with Gasteiger partial charge in [-0.2, -0.15) is 0 Å². The fraction of sp³-hybridized carbons (Fsp3) is 0.588. The predicted octanol–water partition coefficient (Wildman–Crippen LogP) is 2.08. The second kappa shape index (κ2) is 7.44. The zero-order valence-electron chi connectivity index (χ0n) is 13.0. The summed E-state index contributed by atoms with van der Waals surface area (Å²) in [5.74, 6) is 0.296. The van der Waals surface area contributed by atoms with Gasteiger partial charge in [0.05, 0.1) is 6.54 Å². The fourth-order valence-electron chi connectivity index (χ4n) is 3.28. The van der Waals surface area contributed by atoms with Crippen LogP contribution < -0.4 is 0 Å². The van der Waals surface area contributed by atoms with E-state index >= 15 is 0 Å². The van der Waals surface area contributed by atoms with Crippen LogP contribution >= 0.6 is 11.6 Å². The second-order valence-electron chi connectivity index (χ2n) is 6.27. The maximum Gasteiger partial charge on any atom is 0.236 e. The number of likely N-dealkylation sites (tertiary alicyclic amines) is 1. The molecule has 22 heavy (non-hydrogen) atoms. The van der Waals surface area contributed by atoms with Gasteiger partial charge in [0.2, 0.25) is 5.91 Å². The molecule has 5 heteroatoms. The fourth-order valence-corrected chi connectivity index (χ4v) is 3.49. The lowest BCUT2D eigenvalue weighted by Gasteiger charge is -2.35. The van der Waals surface area contributed by atoms with E-state index in [1.54, 1.807) is 0 Å². The Hall–Kier alpha value is -1.10. The summed E-state index contributed by atoms with van der Waals surface area (Å²) in [7, 11) is 0. The van der Waals surface area contributed by atoms with E-state index in [1.165, 1.54) is 18.4 Å². The van der Waals surface area contributed by atoms with E-state index in [-0.39, 0.29) is 0 Å². The molecule has 0 saturated carbocycles. The molecule has 0 aromatic heterocycles. The van der Waals surface area contributed by atoms with E-state index in [2.05, 4.69) is 15.9 Å². The molecule has 0 bridgehead atoms. The largest absolute Gasteiger partial charge is 0.339 e. The number of rotatable bonds is 4. The Labute approximate surface area is 137 Å². The van der Waals surface area contributed by atoms with Gasteiger partial charge in [0, 0.05) is 37.7 Å². The first kappa shape index (κ1) is 15.8. The van der Waals surface area contributed by atoms with Crippen LogP contribution in [0, 0.1) is 0 Å². The standard InChI is InChI=1S/C17H24ClN3O/c18-16-5-3-4-15(12-16)13-20-8-10-21(11-9-20)17(22)14-19-6-1-2-7-19/h3-5,12H,1-2,6-11,13-14H2. The SMILES string of the molecule is O=C(CN1CCCC1)N1CCN(Cc2cccc(Cl)c2)CC1. The lowest BCUT2D eigenvalue weighted by Crippen LogP contribution is -2.50. The summed E-state index contributed by atoms with van der Waals surface area (Å²) in [5.41, 5.74) is 1.24. The van der Waals surface area contributed by atoms with E-state index in [4.69, 9.17) is 11.6 Å². The normalized spacial score (nSPS) is 20.5. The third-order valence-corrected chi connectivity index (χ3v) is 4.81. The van der Waals surface area contributed by atoms with Gasteiger partial charge in [-0.05, 0) is 43.6 Å². The van der Waals surface area contributed by atoms with Crippen LogP contribution in [0.5, 0.6) is 0 Å². The first-order valence-electron chi connectivity index (χ1n) is 8.18. The molecular formula is C17H24ClN3O. The minimum absolute atomic E-state index is 0.296. The number of amides is 1. The monoisotopic (exact) mass is 321 g/mol. The van der Waals surface area contributed by atoms with Crippen molar-refractivity contribution in [2.45, 2.75) is 19.4 Å². The highest BCUT2D eigenvalue weighted by atomic mass is 35.5. The van der Waals surface area contributed by atoms with E-state index in [0.717, 1.165) is 50.8 Å². The highest BCUT2D eigenvalue weighted by Crippen LogP contribution is 2.14. The molecule has 0 spiro atoms. The van der Waals surface area contributed by atoms with Gasteiger partial charge in [0.1, 0.15) is 0 Å². The zero-order valence-corrected chi connectivity index (χ0v) is 13.8. The Kier molecular flexibility index (Phi) is 5.34. The van der Waals surface area contributed by atoms with Gasteiger partial charge < -0.3 is 4.90 Å². The summed E-state index contributed by atoms with van der Waals surface area (Å²) < 4.78 is 0. The summed E-state index contributed by atoms with van der Waals surface area (Å²) in [6, 6.07) is 8.02. The molecule has 2 aliphatic rings. The average Bonchev–Trinajstić information content (AvgIpc) is 3.01. The van der Waals surface area contributed by atoms with Crippen molar-refractivity contribution in [3.63, 3.8) is 0 Å². The van der Waals surface area contributed by atoms with Gasteiger partial charge in [0.25, 0.3) is 0 Å².